The zero-order chi connectivity index (χ0) is 23.1. The lowest BCUT2D eigenvalue weighted by Gasteiger charge is -2.09. The Morgan fingerprint density at radius 1 is 1.19 bits per heavy atom. The van der Waals surface area contributed by atoms with Crippen molar-refractivity contribution in [3.63, 3.8) is 0 Å². The molecule has 0 atom stereocenters. The van der Waals surface area contributed by atoms with Crippen LogP contribution in [0.2, 0.25) is 0 Å². The summed E-state index contributed by atoms with van der Waals surface area (Å²) in [7, 11) is 2.35. The highest BCUT2D eigenvalue weighted by Crippen LogP contribution is 2.35. The van der Waals surface area contributed by atoms with E-state index in [-0.39, 0.29) is 44.6 Å². The molecule has 1 aromatic heterocycles. The van der Waals surface area contributed by atoms with Crippen molar-refractivity contribution in [3.05, 3.63) is 49.9 Å². The molecule has 1 aromatic carbocycles. The maximum atomic E-state index is 12.7. The number of hydrogen-bond donors (Lipinski definition) is 3. The van der Waals surface area contributed by atoms with Gasteiger partial charge in [-0.3, -0.25) is 14.9 Å². The smallest absolute Gasteiger partial charge is 0.348 e. The summed E-state index contributed by atoms with van der Waals surface area (Å²) >= 11 is 0.836. The van der Waals surface area contributed by atoms with Gasteiger partial charge in [0.05, 0.1) is 24.7 Å². The number of nitrogens with one attached hydrogen (secondary N) is 2. The van der Waals surface area contributed by atoms with Crippen LogP contribution in [0.1, 0.15) is 42.4 Å². The number of carbonyl (C=O) groups is 3. The molecule has 2 rings (SSSR count). The molecule has 12 heteroatoms. The first-order valence-electron chi connectivity index (χ1n) is 8.99. The number of aliphatic hydroxyl groups excluding tert-OH is 1. The fourth-order valence-electron chi connectivity index (χ4n) is 2.69. The van der Waals surface area contributed by atoms with E-state index in [4.69, 9.17) is 14.6 Å². The first-order chi connectivity index (χ1) is 14.7. The SMILES string of the molecule is COC(=O)c1sc(NC(=O)c2ccc(NCCCO)c([N+](=O)[O-])c2)c(C(=O)OC)c1C. The van der Waals surface area contributed by atoms with Crippen molar-refractivity contribution in [2.24, 2.45) is 0 Å². The molecule has 166 valence electrons. The van der Waals surface area contributed by atoms with E-state index in [9.17, 15) is 24.5 Å². The van der Waals surface area contributed by atoms with Crippen molar-refractivity contribution in [3.8, 4) is 0 Å². The molecule has 0 unspecified atom stereocenters. The Labute approximate surface area is 181 Å². The topological polar surface area (TPSA) is 157 Å². The number of nitrogens with zero attached hydrogens (tertiary/aromatic N) is 1. The van der Waals surface area contributed by atoms with Crippen LogP contribution in [0, 0.1) is 17.0 Å². The number of esters is 2. The van der Waals surface area contributed by atoms with Crippen molar-refractivity contribution in [2.75, 3.05) is 38.0 Å². The van der Waals surface area contributed by atoms with Gasteiger partial charge in [-0.1, -0.05) is 0 Å². The molecule has 0 saturated carbocycles. The molecule has 31 heavy (non-hydrogen) atoms. The second-order valence-electron chi connectivity index (χ2n) is 6.19. The number of nitro benzene ring substituents is 1. The van der Waals surface area contributed by atoms with E-state index >= 15 is 0 Å². The van der Waals surface area contributed by atoms with Crippen LogP contribution in [0.5, 0.6) is 0 Å². The largest absolute Gasteiger partial charge is 0.465 e. The molecule has 0 fully saturated rings. The number of methoxy groups -OCH3 is 2. The van der Waals surface area contributed by atoms with Gasteiger partial charge in [0.15, 0.2) is 0 Å². The number of benzene rings is 1. The molecular formula is C19H21N3O8S. The quantitative estimate of drug-likeness (QED) is 0.225. The Kier molecular flexibility index (Phi) is 8.05. The van der Waals surface area contributed by atoms with Gasteiger partial charge in [0.2, 0.25) is 0 Å². The number of thiophene rings is 1. The number of hydrogen-bond acceptors (Lipinski definition) is 10. The number of nitro groups is 1. The van der Waals surface area contributed by atoms with Crippen LogP contribution >= 0.6 is 11.3 Å². The molecule has 0 bridgehead atoms. The Balaban J connectivity index is 2.38. The molecule has 1 amide bonds. The van der Waals surface area contributed by atoms with Gasteiger partial charge < -0.3 is 25.2 Å². The number of carbonyl (C=O) groups excluding carboxylic acids is 3. The fourth-order valence-corrected chi connectivity index (χ4v) is 3.80. The summed E-state index contributed by atoms with van der Waals surface area (Å²) < 4.78 is 9.43. The van der Waals surface area contributed by atoms with Crippen molar-refractivity contribution < 1.29 is 33.9 Å². The summed E-state index contributed by atoms with van der Waals surface area (Å²) in [6, 6.07) is 3.85. The summed E-state index contributed by atoms with van der Waals surface area (Å²) in [4.78, 5) is 47.8. The summed E-state index contributed by atoms with van der Waals surface area (Å²) in [5.74, 6) is -2.15. The standard InChI is InChI=1S/C19H21N3O8S/c1-10-14(18(25)29-2)17(31-15(10)19(26)30-3)21-16(24)11-5-6-12(20-7-4-8-23)13(9-11)22(27)28/h5-6,9,20,23H,4,7-8H2,1-3H3,(H,21,24). The second kappa shape index (κ2) is 10.5. The van der Waals surface area contributed by atoms with E-state index in [1.54, 1.807) is 0 Å². The molecule has 2 aromatic rings. The highest BCUT2D eigenvalue weighted by molar-refractivity contribution is 7.18. The van der Waals surface area contributed by atoms with Crippen LogP contribution in [-0.2, 0) is 9.47 Å². The lowest BCUT2D eigenvalue weighted by molar-refractivity contribution is -0.384. The van der Waals surface area contributed by atoms with E-state index in [0.717, 1.165) is 24.5 Å². The molecule has 0 radical (unpaired) electrons. The van der Waals surface area contributed by atoms with Gasteiger partial charge in [0.25, 0.3) is 11.6 Å². The average Bonchev–Trinajstić information content (AvgIpc) is 3.08. The predicted molar refractivity (Wildman–Crippen MR) is 113 cm³/mol. The van der Waals surface area contributed by atoms with Gasteiger partial charge in [-0.25, -0.2) is 9.59 Å². The lowest BCUT2D eigenvalue weighted by atomic mass is 10.1. The molecule has 0 saturated heterocycles. The Morgan fingerprint density at radius 2 is 1.87 bits per heavy atom. The zero-order valence-electron chi connectivity index (χ0n) is 17.0. The van der Waals surface area contributed by atoms with Gasteiger partial charge in [0, 0.05) is 24.8 Å². The molecule has 1 heterocycles. The Bertz CT molecular complexity index is 1020. The first-order valence-corrected chi connectivity index (χ1v) is 9.81. The summed E-state index contributed by atoms with van der Waals surface area (Å²) in [5, 5.41) is 25.6. The highest BCUT2D eigenvalue weighted by atomic mass is 32.1. The zero-order valence-corrected chi connectivity index (χ0v) is 17.8. The van der Waals surface area contributed by atoms with Gasteiger partial charge in [-0.15, -0.1) is 11.3 Å². The maximum Gasteiger partial charge on any atom is 0.348 e. The minimum Gasteiger partial charge on any atom is -0.465 e. The molecule has 3 N–H and O–H groups in total. The summed E-state index contributed by atoms with van der Waals surface area (Å²) in [6.45, 7) is 1.76. The fraction of sp³-hybridized carbons (Fsp3) is 0.316. The third kappa shape index (κ3) is 5.35. The van der Waals surface area contributed by atoms with Gasteiger partial charge in [0.1, 0.15) is 15.6 Å². The van der Waals surface area contributed by atoms with E-state index in [1.807, 2.05) is 0 Å². The summed E-state index contributed by atoms with van der Waals surface area (Å²) in [5.41, 5.74) is 0.133. The van der Waals surface area contributed by atoms with Gasteiger partial charge in [-0.05, 0) is 31.0 Å². The number of ether oxygens (including phenoxy) is 2. The normalized spacial score (nSPS) is 10.3. The molecule has 0 aliphatic heterocycles. The van der Waals surface area contributed by atoms with Gasteiger partial charge in [-0.2, -0.15) is 0 Å². The van der Waals surface area contributed by atoms with Crippen molar-refractivity contribution >= 4 is 45.6 Å². The van der Waals surface area contributed by atoms with Crippen LogP contribution in [0.3, 0.4) is 0 Å². The highest BCUT2D eigenvalue weighted by Gasteiger charge is 2.27. The minimum atomic E-state index is -0.756. The van der Waals surface area contributed by atoms with Crippen LogP contribution < -0.4 is 10.6 Å². The number of aliphatic hydroxyl groups is 1. The predicted octanol–water partition coefficient (Wildman–Crippen LogP) is 2.58. The van der Waals surface area contributed by atoms with Crippen LogP contribution in [-0.4, -0.2) is 55.2 Å². The second-order valence-corrected chi connectivity index (χ2v) is 7.21. The number of rotatable bonds is 9. The minimum absolute atomic E-state index is 0.00181. The molecule has 0 aliphatic rings. The molecular weight excluding hydrogens is 430 g/mol. The maximum absolute atomic E-state index is 12.7. The van der Waals surface area contributed by atoms with Crippen molar-refractivity contribution in [1.82, 2.24) is 0 Å². The summed E-state index contributed by atoms with van der Waals surface area (Å²) in [6.07, 6.45) is 0.399. The number of amides is 1. The molecule has 11 nitrogen and oxygen atoms in total. The van der Waals surface area contributed by atoms with E-state index in [0.29, 0.717) is 13.0 Å². The molecule has 0 aliphatic carbocycles. The number of anilines is 2. The average molecular weight is 451 g/mol. The van der Waals surface area contributed by atoms with Crippen LogP contribution in [0.4, 0.5) is 16.4 Å². The van der Waals surface area contributed by atoms with E-state index in [1.165, 1.54) is 26.2 Å². The van der Waals surface area contributed by atoms with Crippen molar-refractivity contribution in [2.45, 2.75) is 13.3 Å². The Morgan fingerprint density at radius 3 is 2.45 bits per heavy atom. The van der Waals surface area contributed by atoms with Gasteiger partial charge >= 0.3 is 11.9 Å². The monoisotopic (exact) mass is 451 g/mol. The van der Waals surface area contributed by atoms with E-state index in [2.05, 4.69) is 10.6 Å². The van der Waals surface area contributed by atoms with E-state index < -0.39 is 22.8 Å². The van der Waals surface area contributed by atoms with Crippen LogP contribution in [0.15, 0.2) is 18.2 Å². The Hall–Kier alpha value is -3.51. The van der Waals surface area contributed by atoms with Crippen LogP contribution in [0.25, 0.3) is 0 Å². The van der Waals surface area contributed by atoms with Crippen molar-refractivity contribution in [1.29, 1.82) is 0 Å². The first kappa shape index (κ1) is 23.8. The third-order valence-electron chi connectivity index (χ3n) is 4.24. The lowest BCUT2D eigenvalue weighted by Crippen LogP contribution is -2.15. The third-order valence-corrected chi connectivity index (χ3v) is 5.43. The molecule has 0 spiro atoms.